The van der Waals surface area contributed by atoms with Crippen LogP contribution in [0.15, 0.2) is 78.2 Å². The van der Waals surface area contributed by atoms with Gasteiger partial charge in [0.05, 0.1) is 0 Å². The van der Waals surface area contributed by atoms with E-state index < -0.39 is 6.03 Å². The summed E-state index contributed by atoms with van der Waals surface area (Å²) in [6.07, 6.45) is 3.91. The Morgan fingerprint density at radius 2 is 1.64 bits per heavy atom. The van der Waals surface area contributed by atoms with E-state index in [0.29, 0.717) is 12.3 Å². The molecule has 0 bridgehead atoms. The van der Waals surface area contributed by atoms with Crippen molar-refractivity contribution in [3.05, 3.63) is 84.2 Å². The van der Waals surface area contributed by atoms with Gasteiger partial charge in [-0.05, 0) is 11.1 Å². The number of hydrogen-bond acceptors (Lipinski definition) is 4. The van der Waals surface area contributed by atoms with E-state index in [1.165, 1.54) is 17.3 Å². The highest BCUT2D eigenvalue weighted by atomic mass is 32.2. The van der Waals surface area contributed by atoms with E-state index >= 15 is 0 Å². The molecule has 7 heteroatoms. The van der Waals surface area contributed by atoms with E-state index in [1.54, 1.807) is 6.20 Å². The second kappa shape index (κ2) is 10.3. The van der Waals surface area contributed by atoms with Crippen LogP contribution < -0.4 is 10.6 Å². The number of aromatic nitrogens is 2. The summed E-state index contributed by atoms with van der Waals surface area (Å²) in [5.41, 5.74) is 2.17. The van der Waals surface area contributed by atoms with Gasteiger partial charge in [0.15, 0.2) is 5.16 Å². The van der Waals surface area contributed by atoms with Crippen molar-refractivity contribution in [3.63, 3.8) is 0 Å². The van der Waals surface area contributed by atoms with Crippen molar-refractivity contribution in [1.82, 2.24) is 20.2 Å². The number of urea groups is 1. The number of hydrogen-bond donors (Lipinski definition) is 2. The zero-order valence-corrected chi connectivity index (χ0v) is 16.2. The van der Waals surface area contributed by atoms with Crippen LogP contribution in [0.2, 0.25) is 0 Å². The molecule has 2 N–H and O–H groups in total. The van der Waals surface area contributed by atoms with Crippen molar-refractivity contribution in [1.29, 1.82) is 0 Å². The molecule has 0 aliphatic rings. The van der Waals surface area contributed by atoms with E-state index in [1.807, 2.05) is 59.3 Å². The molecule has 3 amide bonds. The molecule has 0 atom stereocenters. The molecule has 0 saturated heterocycles. The summed E-state index contributed by atoms with van der Waals surface area (Å²) >= 11 is 1.50. The molecule has 3 rings (SSSR count). The Bertz CT molecular complexity index is 897. The maximum absolute atomic E-state index is 12.0. The van der Waals surface area contributed by atoms with Gasteiger partial charge in [-0.15, -0.1) is 0 Å². The van der Waals surface area contributed by atoms with Gasteiger partial charge < -0.3 is 9.88 Å². The van der Waals surface area contributed by atoms with Gasteiger partial charge in [-0.2, -0.15) is 0 Å². The molecule has 0 saturated carbocycles. The van der Waals surface area contributed by atoms with Gasteiger partial charge in [-0.1, -0.05) is 72.4 Å². The Balaban J connectivity index is 1.38. The van der Waals surface area contributed by atoms with Gasteiger partial charge in [0.1, 0.15) is 0 Å². The number of imide groups is 1. The Labute approximate surface area is 168 Å². The number of thioether (sulfide) groups is 1. The number of rotatable bonds is 8. The van der Waals surface area contributed by atoms with Crippen LogP contribution in [0.4, 0.5) is 4.79 Å². The van der Waals surface area contributed by atoms with Gasteiger partial charge in [0.2, 0.25) is 5.91 Å². The highest BCUT2D eigenvalue weighted by Crippen LogP contribution is 2.18. The second-order valence-corrected chi connectivity index (χ2v) is 7.20. The molecular weight excluding hydrogens is 372 g/mol. The topological polar surface area (TPSA) is 76.0 Å². The summed E-state index contributed by atoms with van der Waals surface area (Å²) in [5, 5.41) is 5.88. The van der Waals surface area contributed by atoms with Crippen LogP contribution in [-0.2, 0) is 17.9 Å². The first-order valence-corrected chi connectivity index (χ1v) is 9.99. The fraction of sp³-hybridized carbons (Fsp3) is 0.190. The van der Waals surface area contributed by atoms with E-state index in [2.05, 4.69) is 27.8 Å². The molecule has 144 valence electrons. The maximum Gasteiger partial charge on any atom is 0.321 e. The molecule has 2 aromatic carbocycles. The lowest BCUT2D eigenvalue weighted by atomic mass is 10.2. The molecule has 1 aromatic heterocycles. The number of nitrogens with one attached hydrogen (secondary N) is 2. The molecule has 0 unspecified atom stereocenters. The largest absolute Gasteiger partial charge is 0.334 e. The summed E-state index contributed by atoms with van der Waals surface area (Å²) in [5.74, 6) is 0.239. The smallest absolute Gasteiger partial charge is 0.321 e. The Kier molecular flexibility index (Phi) is 7.26. The summed E-state index contributed by atoms with van der Waals surface area (Å²) in [6.45, 7) is 1.11. The van der Waals surface area contributed by atoms with Gasteiger partial charge >= 0.3 is 6.03 Å². The highest BCUT2D eigenvalue weighted by molar-refractivity contribution is 7.99. The van der Waals surface area contributed by atoms with E-state index in [4.69, 9.17) is 0 Å². The third-order valence-corrected chi connectivity index (χ3v) is 4.99. The van der Waals surface area contributed by atoms with Crippen LogP contribution >= 0.6 is 11.8 Å². The molecule has 6 nitrogen and oxygen atoms in total. The average Bonchev–Trinajstić information content (AvgIpc) is 3.15. The molecule has 0 radical (unpaired) electrons. The number of carbonyl (C=O) groups excluding carboxylic acids is 2. The van der Waals surface area contributed by atoms with E-state index in [0.717, 1.165) is 17.3 Å². The lowest BCUT2D eigenvalue weighted by molar-refractivity contribution is -0.119. The summed E-state index contributed by atoms with van der Waals surface area (Å²) in [7, 11) is 0. The summed E-state index contributed by atoms with van der Waals surface area (Å²) in [4.78, 5) is 28.1. The van der Waals surface area contributed by atoms with Crippen molar-refractivity contribution in [2.45, 2.75) is 24.7 Å². The molecule has 0 spiro atoms. The van der Waals surface area contributed by atoms with Crippen molar-refractivity contribution in [2.75, 3.05) is 5.75 Å². The predicted molar refractivity (Wildman–Crippen MR) is 110 cm³/mol. The average molecular weight is 395 g/mol. The molecule has 3 aromatic rings. The van der Waals surface area contributed by atoms with Gasteiger partial charge in [0, 0.05) is 37.7 Å². The highest BCUT2D eigenvalue weighted by Gasteiger charge is 2.09. The van der Waals surface area contributed by atoms with Crippen LogP contribution in [-0.4, -0.2) is 27.2 Å². The molecule has 0 aliphatic heterocycles. The normalized spacial score (nSPS) is 10.4. The lowest BCUT2D eigenvalue weighted by Gasteiger charge is -2.08. The zero-order valence-electron chi connectivity index (χ0n) is 15.4. The van der Waals surface area contributed by atoms with Gasteiger partial charge in [-0.25, -0.2) is 9.78 Å². The van der Waals surface area contributed by atoms with Crippen LogP contribution in [0, 0.1) is 0 Å². The minimum Gasteiger partial charge on any atom is -0.334 e. The third-order valence-electron chi connectivity index (χ3n) is 3.98. The minimum atomic E-state index is -0.482. The number of imidazole rings is 1. The van der Waals surface area contributed by atoms with Crippen LogP contribution in [0.5, 0.6) is 0 Å². The van der Waals surface area contributed by atoms with E-state index in [-0.39, 0.29) is 12.3 Å². The van der Waals surface area contributed by atoms with E-state index in [9.17, 15) is 9.59 Å². The quantitative estimate of drug-likeness (QED) is 0.574. The first-order chi connectivity index (χ1) is 13.7. The maximum atomic E-state index is 12.0. The van der Waals surface area contributed by atoms with Crippen molar-refractivity contribution >= 4 is 23.7 Å². The number of amides is 3. The molecule has 1 heterocycles. The predicted octanol–water partition coefficient (Wildman–Crippen LogP) is 3.44. The second-order valence-electron chi connectivity index (χ2n) is 6.14. The van der Waals surface area contributed by atoms with Crippen molar-refractivity contribution in [2.24, 2.45) is 0 Å². The lowest BCUT2D eigenvalue weighted by Crippen LogP contribution is -2.39. The fourth-order valence-corrected chi connectivity index (χ4v) is 3.48. The fourth-order valence-electron chi connectivity index (χ4n) is 2.58. The number of nitrogens with zero attached hydrogens (tertiary/aromatic N) is 2. The Hall–Kier alpha value is -3.06. The Morgan fingerprint density at radius 3 is 2.36 bits per heavy atom. The first-order valence-electron chi connectivity index (χ1n) is 9.00. The van der Waals surface area contributed by atoms with Gasteiger partial charge in [-0.3, -0.25) is 10.1 Å². The van der Waals surface area contributed by atoms with Crippen LogP contribution in [0.3, 0.4) is 0 Å². The zero-order chi connectivity index (χ0) is 19.6. The molecule has 28 heavy (non-hydrogen) atoms. The number of carbonyl (C=O) groups is 2. The van der Waals surface area contributed by atoms with Crippen molar-refractivity contribution in [3.8, 4) is 0 Å². The molecular formula is C21H22N4O2S. The monoisotopic (exact) mass is 394 g/mol. The van der Waals surface area contributed by atoms with Crippen LogP contribution in [0.1, 0.15) is 17.5 Å². The number of benzene rings is 2. The van der Waals surface area contributed by atoms with Crippen molar-refractivity contribution < 1.29 is 9.59 Å². The molecule has 0 fully saturated rings. The summed E-state index contributed by atoms with van der Waals surface area (Å²) in [6, 6.07) is 19.2. The Morgan fingerprint density at radius 1 is 0.964 bits per heavy atom. The van der Waals surface area contributed by atoms with Gasteiger partial charge in [0.25, 0.3) is 0 Å². The standard InChI is InChI=1S/C21H22N4O2S/c26-19(24-20(27)23-15-17-7-3-1-4-8-17)11-14-28-21-22-12-13-25(21)16-18-9-5-2-6-10-18/h1-10,12-13H,11,14-16H2,(H2,23,24,26,27). The SMILES string of the molecule is O=C(CCSc1nccn1Cc1ccccc1)NC(=O)NCc1ccccc1. The molecule has 0 aliphatic carbocycles. The third kappa shape index (κ3) is 6.28. The minimum absolute atomic E-state index is 0.238. The van der Waals surface area contributed by atoms with Crippen LogP contribution in [0.25, 0.3) is 0 Å². The summed E-state index contributed by atoms with van der Waals surface area (Å²) < 4.78 is 2.05. The first kappa shape index (κ1) is 19.7.